The van der Waals surface area contributed by atoms with Crippen LogP contribution < -0.4 is 0 Å². The van der Waals surface area contributed by atoms with Crippen LogP contribution in [0.25, 0.3) is 11.0 Å². The number of aryl methyl sites for hydroxylation is 1. The quantitative estimate of drug-likeness (QED) is 0.779. The van der Waals surface area contributed by atoms with E-state index in [1.807, 2.05) is 48.0 Å². The molecule has 4 nitrogen and oxygen atoms in total. The minimum absolute atomic E-state index is 0.0242. The van der Waals surface area contributed by atoms with E-state index in [0.29, 0.717) is 6.54 Å². The minimum atomic E-state index is 0.0242. The molecule has 3 rings (SSSR count). The van der Waals surface area contributed by atoms with Crippen LogP contribution in [0.1, 0.15) is 17.0 Å². The topological polar surface area (TPSA) is 50.9 Å². The number of hydrogen-bond acceptors (Lipinski definition) is 3. The summed E-state index contributed by atoms with van der Waals surface area (Å²) in [4.78, 5) is 8.89. The van der Waals surface area contributed by atoms with E-state index in [2.05, 4.69) is 9.97 Å². The molecule has 0 amide bonds. The molecule has 3 aromatic rings. The average Bonchev–Trinajstić information content (AvgIpc) is 2.77. The molecule has 0 aliphatic rings. The van der Waals surface area contributed by atoms with Crippen LogP contribution >= 0.6 is 0 Å². The fourth-order valence-electron chi connectivity index (χ4n) is 2.30. The highest BCUT2D eigenvalue weighted by atomic mass is 16.3. The van der Waals surface area contributed by atoms with Crippen LogP contribution in [0, 0.1) is 6.92 Å². The van der Waals surface area contributed by atoms with Gasteiger partial charge in [-0.3, -0.25) is 4.98 Å². The third kappa shape index (κ3) is 2.22. The summed E-state index contributed by atoms with van der Waals surface area (Å²) in [5, 5.41) is 10.4. The van der Waals surface area contributed by atoms with Crippen molar-refractivity contribution in [2.75, 3.05) is 0 Å². The van der Waals surface area contributed by atoms with Gasteiger partial charge in [0.05, 0.1) is 18.8 Å². The zero-order valence-electron chi connectivity index (χ0n) is 10.7. The minimum Gasteiger partial charge on any atom is -0.392 e. The molecule has 0 fully saturated rings. The number of nitrogens with zero attached hydrogens (tertiary/aromatic N) is 3. The zero-order chi connectivity index (χ0) is 13.2. The second-order valence-corrected chi connectivity index (χ2v) is 4.59. The van der Waals surface area contributed by atoms with Crippen LogP contribution in [0.2, 0.25) is 0 Å². The third-order valence-corrected chi connectivity index (χ3v) is 3.17. The van der Waals surface area contributed by atoms with Gasteiger partial charge in [0, 0.05) is 29.0 Å². The molecule has 96 valence electrons. The first-order valence-electron chi connectivity index (χ1n) is 6.24. The molecule has 0 saturated heterocycles. The van der Waals surface area contributed by atoms with E-state index in [-0.39, 0.29) is 6.61 Å². The van der Waals surface area contributed by atoms with Crippen molar-refractivity contribution in [2.24, 2.45) is 0 Å². The Labute approximate surface area is 111 Å². The van der Waals surface area contributed by atoms with Crippen molar-refractivity contribution in [3.8, 4) is 0 Å². The summed E-state index contributed by atoms with van der Waals surface area (Å²) >= 11 is 0. The Balaban J connectivity index is 2.06. The van der Waals surface area contributed by atoms with Gasteiger partial charge in [-0.15, -0.1) is 0 Å². The number of hydrogen-bond donors (Lipinski definition) is 1. The van der Waals surface area contributed by atoms with Gasteiger partial charge in [0.15, 0.2) is 0 Å². The zero-order valence-corrected chi connectivity index (χ0v) is 10.7. The molecule has 3 heterocycles. The van der Waals surface area contributed by atoms with Crippen molar-refractivity contribution in [3.63, 3.8) is 0 Å². The van der Waals surface area contributed by atoms with Gasteiger partial charge in [0.25, 0.3) is 0 Å². The number of aliphatic hydroxyl groups excluding tert-OH is 1. The monoisotopic (exact) mass is 253 g/mol. The molecule has 19 heavy (non-hydrogen) atoms. The summed E-state index contributed by atoms with van der Waals surface area (Å²) in [5.74, 6) is 0. The van der Waals surface area contributed by atoms with Gasteiger partial charge in [-0.05, 0) is 31.2 Å². The Morgan fingerprint density at radius 1 is 1.21 bits per heavy atom. The molecule has 0 saturated carbocycles. The molecule has 0 bridgehead atoms. The number of rotatable bonds is 3. The van der Waals surface area contributed by atoms with Crippen molar-refractivity contribution < 1.29 is 5.11 Å². The number of fused-ring (bicyclic) bond motifs is 1. The Morgan fingerprint density at radius 3 is 2.89 bits per heavy atom. The maximum atomic E-state index is 9.40. The van der Waals surface area contributed by atoms with Crippen molar-refractivity contribution in [1.29, 1.82) is 0 Å². The molecule has 0 spiro atoms. The highest BCUT2D eigenvalue weighted by molar-refractivity contribution is 5.80. The molecule has 0 unspecified atom stereocenters. The number of aromatic nitrogens is 3. The Morgan fingerprint density at radius 2 is 2.11 bits per heavy atom. The van der Waals surface area contributed by atoms with E-state index >= 15 is 0 Å². The maximum Gasteiger partial charge on any atom is 0.140 e. The lowest BCUT2D eigenvalue weighted by Crippen LogP contribution is -2.01. The highest BCUT2D eigenvalue weighted by Crippen LogP contribution is 2.20. The first kappa shape index (κ1) is 11.9. The van der Waals surface area contributed by atoms with E-state index in [9.17, 15) is 5.11 Å². The van der Waals surface area contributed by atoms with Crippen molar-refractivity contribution in [1.82, 2.24) is 14.5 Å². The van der Waals surface area contributed by atoms with E-state index < -0.39 is 0 Å². The summed E-state index contributed by atoms with van der Waals surface area (Å²) in [6.07, 6.45) is 3.71. The summed E-state index contributed by atoms with van der Waals surface area (Å²) in [7, 11) is 0. The number of pyridine rings is 2. The van der Waals surface area contributed by atoms with Crippen molar-refractivity contribution in [3.05, 3.63) is 59.7 Å². The second-order valence-electron chi connectivity index (χ2n) is 4.59. The predicted molar refractivity (Wildman–Crippen MR) is 73.7 cm³/mol. The van der Waals surface area contributed by atoms with Gasteiger partial charge in [0.1, 0.15) is 5.65 Å². The summed E-state index contributed by atoms with van der Waals surface area (Å²) < 4.78 is 2.03. The highest BCUT2D eigenvalue weighted by Gasteiger charge is 2.09. The average molecular weight is 253 g/mol. The summed E-state index contributed by atoms with van der Waals surface area (Å²) in [6.45, 7) is 2.67. The summed E-state index contributed by atoms with van der Waals surface area (Å²) in [5.41, 5.74) is 3.78. The van der Waals surface area contributed by atoms with E-state index in [1.165, 1.54) is 0 Å². The van der Waals surface area contributed by atoms with Gasteiger partial charge in [-0.25, -0.2) is 4.98 Å². The molecule has 0 aliphatic carbocycles. The van der Waals surface area contributed by atoms with Crippen molar-refractivity contribution >= 4 is 11.0 Å². The lowest BCUT2D eigenvalue weighted by Gasteiger charge is -2.04. The first-order chi connectivity index (χ1) is 9.28. The molecule has 0 atom stereocenters. The van der Waals surface area contributed by atoms with Crippen LogP contribution in [0.15, 0.2) is 42.7 Å². The lowest BCUT2D eigenvalue weighted by atomic mass is 10.2. The molecular formula is C15H15N3O. The Bertz CT molecular complexity index is 718. The van der Waals surface area contributed by atoms with E-state index in [1.54, 1.807) is 6.20 Å². The summed E-state index contributed by atoms with van der Waals surface area (Å²) in [6, 6.07) is 9.85. The van der Waals surface area contributed by atoms with Gasteiger partial charge in [0.2, 0.25) is 0 Å². The van der Waals surface area contributed by atoms with Crippen LogP contribution in [-0.2, 0) is 13.2 Å². The SMILES string of the molecule is Cc1cccc(Cn2cc(CO)c3cccnc32)n1. The van der Waals surface area contributed by atoms with Crippen LogP contribution in [0.4, 0.5) is 0 Å². The fraction of sp³-hybridized carbons (Fsp3) is 0.200. The number of aliphatic hydroxyl groups is 1. The smallest absolute Gasteiger partial charge is 0.140 e. The van der Waals surface area contributed by atoms with Crippen LogP contribution in [0.3, 0.4) is 0 Å². The van der Waals surface area contributed by atoms with Crippen LogP contribution in [0.5, 0.6) is 0 Å². The molecule has 4 heteroatoms. The fourth-order valence-corrected chi connectivity index (χ4v) is 2.30. The standard InChI is InChI=1S/C15H15N3O/c1-11-4-2-5-13(17-11)9-18-8-12(10-19)14-6-3-7-16-15(14)18/h2-8,19H,9-10H2,1H3. The van der Waals surface area contributed by atoms with Gasteiger partial charge in [-0.2, -0.15) is 0 Å². The molecule has 3 aromatic heterocycles. The molecule has 0 aromatic carbocycles. The van der Waals surface area contributed by atoms with E-state index in [4.69, 9.17) is 0 Å². The van der Waals surface area contributed by atoms with Gasteiger partial charge >= 0.3 is 0 Å². The largest absolute Gasteiger partial charge is 0.392 e. The first-order valence-corrected chi connectivity index (χ1v) is 6.24. The third-order valence-electron chi connectivity index (χ3n) is 3.17. The molecule has 0 radical (unpaired) electrons. The lowest BCUT2D eigenvalue weighted by molar-refractivity contribution is 0.283. The van der Waals surface area contributed by atoms with Gasteiger partial charge in [-0.1, -0.05) is 6.07 Å². The maximum absolute atomic E-state index is 9.40. The molecule has 0 aliphatic heterocycles. The van der Waals surface area contributed by atoms with Crippen LogP contribution in [-0.4, -0.2) is 19.6 Å². The van der Waals surface area contributed by atoms with Crippen molar-refractivity contribution in [2.45, 2.75) is 20.1 Å². The van der Waals surface area contributed by atoms with E-state index in [0.717, 1.165) is 28.0 Å². The normalized spacial score (nSPS) is 11.1. The molecule has 1 N–H and O–H groups in total. The second kappa shape index (κ2) is 4.82. The Kier molecular flexibility index (Phi) is 3.01. The predicted octanol–water partition coefficient (Wildman–Crippen LogP) is 2.28. The van der Waals surface area contributed by atoms with Gasteiger partial charge < -0.3 is 9.67 Å². The Hall–Kier alpha value is -2.20. The molecular weight excluding hydrogens is 238 g/mol.